The second kappa shape index (κ2) is 29.9. The molecule has 3 rings (SSSR count). The molecule has 0 spiro atoms. The topological polar surface area (TPSA) is 112 Å². The van der Waals surface area contributed by atoms with Gasteiger partial charge in [-0.25, -0.2) is 0 Å². The summed E-state index contributed by atoms with van der Waals surface area (Å²) in [5.41, 5.74) is 8.40. The Labute approximate surface area is 255 Å². The third-order valence-corrected chi connectivity index (χ3v) is 6.54. The average molecular weight is 725 g/mol. The fourth-order valence-corrected chi connectivity index (χ4v) is 5.32. The van der Waals surface area contributed by atoms with E-state index in [9.17, 15) is 0 Å². The molecule has 1 aliphatic carbocycles. The summed E-state index contributed by atoms with van der Waals surface area (Å²) in [4.78, 5) is 2.64. The molecule has 0 saturated carbocycles. The number of allylic oxidation sites excluding steroid dienone is 2. The standard InChI is InChI=1S/C28H35NO.5CO.W/c1-4-20-29(21-5-2)28-26-17-11-10-15-24(26)16-12-18-27(28)25(19-22-30-6-3)23-13-8-7-9-14-23;5*1-2;/h7-11,13-15,17,19H,4-6,12,16,18,20-21H2,1-3H3;;;;;;/b25-19-;;;;;;. The number of hydrogen-bond acceptors (Lipinski definition) is 2. The van der Waals surface area contributed by atoms with Crippen molar-refractivity contribution in [3.63, 3.8) is 0 Å². The summed E-state index contributed by atoms with van der Waals surface area (Å²) >= 11 is 1.38. The predicted octanol–water partition coefficient (Wildman–Crippen LogP) is 6.47. The van der Waals surface area contributed by atoms with Gasteiger partial charge in [0.05, 0.1) is 0 Å². The molecule has 0 heterocycles. The van der Waals surface area contributed by atoms with Crippen LogP contribution in [0.3, 0.4) is 0 Å². The van der Waals surface area contributed by atoms with Crippen LogP contribution < -0.4 is 0 Å². The first-order valence-electron chi connectivity index (χ1n) is 12.7. The molecule has 41 heavy (non-hydrogen) atoms. The Morgan fingerprint density at radius 3 is 1.80 bits per heavy atom. The van der Waals surface area contributed by atoms with Crippen molar-refractivity contribution in [2.45, 2.75) is 52.9 Å². The molecule has 1 aliphatic rings. The van der Waals surface area contributed by atoms with Gasteiger partial charge in [-0.15, -0.1) is 0 Å². The first-order chi connectivity index (χ1) is 20.2. The molecule has 0 aromatic heterocycles. The zero-order chi connectivity index (χ0) is 32.1. The van der Waals surface area contributed by atoms with Crippen LogP contribution in [0, 0.1) is 33.3 Å². The van der Waals surface area contributed by atoms with Gasteiger partial charge in [0.2, 0.25) is 0 Å². The van der Waals surface area contributed by atoms with Crippen LogP contribution in [-0.4, -0.2) is 28.7 Å². The minimum absolute atomic E-state index is 0.712. The van der Waals surface area contributed by atoms with E-state index in [-0.39, 0.29) is 0 Å². The molecule has 0 radical (unpaired) electrons. The molecule has 0 unspecified atom stereocenters. The maximum absolute atomic E-state index is 7.50. The van der Waals surface area contributed by atoms with Crippen LogP contribution in [0.2, 0.25) is 0 Å². The number of nitrogens with zero attached hydrogens (tertiary/aromatic N) is 1. The van der Waals surface area contributed by atoms with Crippen LogP contribution in [0.25, 0.3) is 11.3 Å². The van der Waals surface area contributed by atoms with E-state index in [2.05, 4.69) is 120 Å². The third-order valence-electron chi connectivity index (χ3n) is 5.69. The monoisotopic (exact) mass is 725 g/mol. The maximum atomic E-state index is 7.50. The Morgan fingerprint density at radius 2 is 1.29 bits per heavy atom. The fourth-order valence-electron chi connectivity index (χ4n) is 4.47. The van der Waals surface area contributed by atoms with Crippen molar-refractivity contribution in [3.8, 4) is 0 Å². The molecule has 0 aliphatic heterocycles. The van der Waals surface area contributed by atoms with Crippen molar-refractivity contribution in [1.29, 1.82) is 0 Å². The second-order valence-corrected chi connectivity index (χ2v) is 9.45. The van der Waals surface area contributed by atoms with E-state index < -0.39 is 0 Å². The third kappa shape index (κ3) is 14.9. The summed E-state index contributed by atoms with van der Waals surface area (Å²) in [6.07, 6.45) is 8.00. The van der Waals surface area contributed by atoms with Gasteiger partial charge in [-0.05, 0) is 0 Å². The number of aryl methyl sites for hydroxylation is 1. The zero-order valence-electron chi connectivity index (χ0n) is 23.7. The molecule has 0 amide bonds. The van der Waals surface area contributed by atoms with Gasteiger partial charge in [0, 0.05) is 0 Å². The van der Waals surface area contributed by atoms with Crippen molar-refractivity contribution in [3.05, 3.63) is 116 Å². The Kier molecular flexibility index (Phi) is 30.9. The summed E-state index contributed by atoms with van der Waals surface area (Å²) in [6, 6.07) is 19.9. The zero-order valence-corrected chi connectivity index (χ0v) is 26.7. The van der Waals surface area contributed by atoms with E-state index in [1.807, 2.05) is 0 Å². The predicted molar refractivity (Wildman–Crippen MR) is 149 cm³/mol. The molecule has 7 nitrogen and oxygen atoms in total. The van der Waals surface area contributed by atoms with Gasteiger partial charge in [-0.2, -0.15) is 0 Å². The fraction of sp³-hybridized carbons (Fsp3) is 0.333. The number of fused-ring (bicyclic) bond motifs is 1. The van der Waals surface area contributed by atoms with Gasteiger partial charge in [-0.3, -0.25) is 0 Å². The van der Waals surface area contributed by atoms with E-state index in [0.29, 0.717) is 6.61 Å². The molecular weight excluding hydrogens is 690 g/mol. The number of ether oxygens (including phenoxy) is 1. The van der Waals surface area contributed by atoms with Crippen LogP contribution in [-0.2, 0) is 53.8 Å². The van der Waals surface area contributed by atoms with Crippen LogP contribution in [0.4, 0.5) is 0 Å². The molecule has 8 heteroatoms. The van der Waals surface area contributed by atoms with Gasteiger partial charge < -0.3 is 0 Å². The van der Waals surface area contributed by atoms with Crippen LogP contribution >= 0.6 is 0 Å². The number of benzene rings is 2. The first kappa shape index (κ1) is 42.4. The Balaban J connectivity index is -0.00000130. The SMILES string of the molecule is CCCN(CCC)C1=C(/C(=C\[C](=[W])OCC)c2ccccc2)CCCc2ccccc21.[C-]#[O+].[C-]#[O+].[C-]#[O+].[C-]#[O+].[C-]#[O+]. The summed E-state index contributed by atoms with van der Waals surface area (Å²) in [5, 5.41) is 0. The van der Waals surface area contributed by atoms with E-state index >= 15 is 0 Å². The number of rotatable bonds is 10. The van der Waals surface area contributed by atoms with Gasteiger partial charge in [0.1, 0.15) is 0 Å². The molecule has 0 bridgehead atoms. The molecule has 0 N–H and O–H groups in total. The van der Waals surface area contributed by atoms with Crippen LogP contribution in [0.1, 0.15) is 63.1 Å². The van der Waals surface area contributed by atoms with Gasteiger partial charge in [0.15, 0.2) is 0 Å². The van der Waals surface area contributed by atoms with E-state index in [1.165, 1.54) is 59.3 Å². The molecule has 0 saturated heterocycles. The molecule has 2 aromatic rings. The van der Waals surface area contributed by atoms with Gasteiger partial charge in [-0.1, -0.05) is 0 Å². The van der Waals surface area contributed by atoms with Crippen molar-refractivity contribution < 1.29 is 47.4 Å². The number of hydrogen-bond donors (Lipinski definition) is 0. The van der Waals surface area contributed by atoms with Gasteiger partial charge >= 0.3 is 256 Å². The second-order valence-electron chi connectivity index (χ2n) is 8.00. The average Bonchev–Trinajstić information content (AvgIpc) is 3.25. The Hall–Kier alpha value is -3.06. The van der Waals surface area contributed by atoms with E-state index in [1.54, 1.807) is 0 Å². The molecule has 214 valence electrons. The van der Waals surface area contributed by atoms with Crippen LogP contribution in [0.15, 0.2) is 66.2 Å². The van der Waals surface area contributed by atoms with E-state index in [0.717, 1.165) is 42.9 Å². The summed E-state index contributed by atoms with van der Waals surface area (Å²) in [6.45, 7) is 32.0. The summed E-state index contributed by atoms with van der Waals surface area (Å²) in [7, 11) is 0. The van der Waals surface area contributed by atoms with Crippen molar-refractivity contribution in [1.82, 2.24) is 4.90 Å². The van der Waals surface area contributed by atoms with Crippen molar-refractivity contribution in [2.75, 3.05) is 19.7 Å². The Bertz CT molecular complexity index is 1120. The Morgan fingerprint density at radius 1 is 0.780 bits per heavy atom. The minimum atomic E-state index is 0.712. The molecule has 2 aromatic carbocycles. The molecule has 0 fully saturated rings. The van der Waals surface area contributed by atoms with Gasteiger partial charge in [0.25, 0.3) is 0 Å². The van der Waals surface area contributed by atoms with Crippen molar-refractivity contribution >= 4 is 15.4 Å². The van der Waals surface area contributed by atoms with Crippen LogP contribution in [0.5, 0.6) is 0 Å². The summed E-state index contributed by atoms with van der Waals surface area (Å²) < 4.78 is 44.5. The van der Waals surface area contributed by atoms with E-state index in [4.69, 9.17) is 28.0 Å². The first-order valence-corrected chi connectivity index (χ1v) is 14.2. The van der Waals surface area contributed by atoms with Crippen molar-refractivity contribution in [2.24, 2.45) is 0 Å². The normalized spacial score (nSPS) is 11.0. The molecular formula is C33H35NO6W. The molecule has 0 atom stereocenters. The quantitative estimate of drug-likeness (QED) is 0.207. The summed E-state index contributed by atoms with van der Waals surface area (Å²) in [5.74, 6) is 0.